The second-order valence-electron chi connectivity index (χ2n) is 10.4. The van der Waals surface area contributed by atoms with Crippen LogP contribution in [0.1, 0.15) is 61.4 Å². The van der Waals surface area contributed by atoms with Gasteiger partial charge in [-0.15, -0.1) is 0 Å². The molecule has 0 saturated carbocycles. The number of Topliss-reactive ketones (excluding diaryl/α,β-unsaturated/α-hetero) is 1. The van der Waals surface area contributed by atoms with Crippen LogP contribution in [0, 0.1) is 23.7 Å². The van der Waals surface area contributed by atoms with Gasteiger partial charge in [0.15, 0.2) is 5.78 Å². The number of aliphatic hydroxyl groups is 2. The summed E-state index contributed by atoms with van der Waals surface area (Å²) >= 11 is 0. The summed E-state index contributed by atoms with van der Waals surface area (Å²) in [7, 11) is 0. The third kappa shape index (κ3) is 11.3. The van der Waals surface area contributed by atoms with Gasteiger partial charge in [-0.1, -0.05) is 62.8 Å². The lowest BCUT2D eigenvalue weighted by Crippen LogP contribution is -2.44. The molecule has 0 aliphatic carbocycles. The van der Waals surface area contributed by atoms with Crippen LogP contribution >= 0.6 is 0 Å². The number of carbonyl (C=O) groups excluding carboxylic acids is 3. The minimum Gasteiger partial charge on any atom is -0.461 e. The van der Waals surface area contributed by atoms with E-state index in [4.69, 9.17) is 4.74 Å². The Morgan fingerprint density at radius 1 is 0.950 bits per heavy atom. The highest BCUT2D eigenvalue weighted by molar-refractivity contribution is 6.49. The van der Waals surface area contributed by atoms with Crippen LogP contribution in [-0.4, -0.2) is 45.9 Å². The molecule has 0 aromatic heterocycles. The van der Waals surface area contributed by atoms with Gasteiger partial charge in [-0.3, -0.25) is 14.4 Å². The summed E-state index contributed by atoms with van der Waals surface area (Å²) in [6.45, 7) is 6.36. The highest BCUT2D eigenvalue weighted by Crippen LogP contribution is 2.18. The van der Waals surface area contributed by atoms with E-state index in [9.17, 15) is 29.6 Å². The van der Waals surface area contributed by atoms with E-state index in [2.05, 4.69) is 17.2 Å². The van der Waals surface area contributed by atoms with Gasteiger partial charge in [0.2, 0.25) is 5.91 Å². The van der Waals surface area contributed by atoms with Gasteiger partial charge in [0.05, 0.1) is 25.7 Å². The molecule has 2 rings (SSSR count). The Bertz CT molecular complexity index is 1180. The normalized spacial score (nSPS) is 12.2. The molecule has 40 heavy (non-hydrogen) atoms. The lowest BCUT2D eigenvalue weighted by atomic mass is 9.62. The molecule has 0 spiro atoms. The predicted octanol–water partition coefficient (Wildman–Crippen LogP) is 3.05. The van der Waals surface area contributed by atoms with Gasteiger partial charge in [-0.2, -0.15) is 0 Å². The highest BCUT2D eigenvalue weighted by Gasteiger charge is 2.27. The fourth-order valence-electron chi connectivity index (χ4n) is 4.14. The number of carbonyl (C=O) groups is 3. The standard InChI is InChI=1S/C31H40BNO7/c1-21(2)28(17-32(4)39)31(38)33-22(3)29(36)16-23-9-11-24(12-10-23)20-40-30(37)8-6-5-7-25-13-26(18-34)15-27(14-25)19-35/h9-15,21-22,28,34-35,39H,6,8,16-20H2,1-4H3,(H,33,38)/t22-,28-/m0/s1. The number of hydrogen-bond acceptors (Lipinski definition) is 7. The largest absolute Gasteiger partial charge is 0.461 e. The summed E-state index contributed by atoms with van der Waals surface area (Å²) in [6, 6.07) is 11.7. The summed E-state index contributed by atoms with van der Waals surface area (Å²) in [5.74, 6) is 4.80. The molecule has 2 atom stereocenters. The Morgan fingerprint density at radius 3 is 2.10 bits per heavy atom. The Kier molecular flexibility index (Phi) is 13.6. The van der Waals surface area contributed by atoms with E-state index < -0.39 is 13.0 Å². The Balaban J connectivity index is 1.79. The maximum absolute atomic E-state index is 12.7. The van der Waals surface area contributed by atoms with Crippen molar-refractivity contribution in [2.75, 3.05) is 0 Å². The number of rotatable bonds is 14. The van der Waals surface area contributed by atoms with Crippen LogP contribution < -0.4 is 5.32 Å². The van der Waals surface area contributed by atoms with Gasteiger partial charge in [0.25, 0.3) is 6.92 Å². The molecule has 0 unspecified atom stereocenters. The highest BCUT2D eigenvalue weighted by atomic mass is 16.5. The molecular formula is C31H40BNO7. The van der Waals surface area contributed by atoms with Crippen molar-refractivity contribution in [1.29, 1.82) is 0 Å². The Hall–Kier alpha value is -3.45. The smallest absolute Gasteiger partial charge is 0.307 e. The van der Waals surface area contributed by atoms with Crippen molar-refractivity contribution < 1.29 is 34.4 Å². The third-order valence-electron chi connectivity index (χ3n) is 6.48. The van der Waals surface area contributed by atoms with Crippen LogP contribution in [0.2, 0.25) is 13.1 Å². The summed E-state index contributed by atoms with van der Waals surface area (Å²) < 4.78 is 5.32. The van der Waals surface area contributed by atoms with Crippen LogP contribution in [-0.2, 0) is 45.4 Å². The summed E-state index contributed by atoms with van der Waals surface area (Å²) in [5, 5.41) is 31.1. The zero-order valence-corrected chi connectivity index (χ0v) is 23.8. The van der Waals surface area contributed by atoms with Crippen LogP contribution in [0.5, 0.6) is 0 Å². The molecule has 214 valence electrons. The number of nitrogens with one attached hydrogen (secondary N) is 1. The molecule has 8 nitrogen and oxygen atoms in total. The molecule has 0 aliphatic heterocycles. The minimum absolute atomic E-state index is 0.0441. The third-order valence-corrected chi connectivity index (χ3v) is 6.48. The average Bonchev–Trinajstić information content (AvgIpc) is 2.92. The maximum atomic E-state index is 12.7. The van der Waals surface area contributed by atoms with E-state index >= 15 is 0 Å². The fraction of sp³-hybridized carbons (Fsp3) is 0.452. The van der Waals surface area contributed by atoms with Crippen LogP contribution in [0.3, 0.4) is 0 Å². The first-order valence-corrected chi connectivity index (χ1v) is 13.6. The summed E-state index contributed by atoms with van der Waals surface area (Å²) in [6.07, 6.45) is 0.938. The topological polar surface area (TPSA) is 133 Å². The van der Waals surface area contributed by atoms with Crippen molar-refractivity contribution in [2.45, 2.75) is 79.0 Å². The van der Waals surface area contributed by atoms with Crippen molar-refractivity contribution in [2.24, 2.45) is 11.8 Å². The quantitative estimate of drug-likeness (QED) is 0.162. The SMILES string of the molecule is CB(O)C[C@H](C(=O)N[C@@H](C)C(=O)Cc1ccc(COC(=O)CCC#Cc2cc(CO)cc(CO)c2)cc1)C(C)C. The van der Waals surface area contributed by atoms with E-state index in [1.54, 1.807) is 56.2 Å². The number of ketones is 1. The fourth-order valence-corrected chi connectivity index (χ4v) is 4.14. The van der Waals surface area contributed by atoms with E-state index in [1.165, 1.54) is 0 Å². The summed E-state index contributed by atoms with van der Waals surface area (Å²) in [5.41, 5.74) is 3.56. The molecule has 0 heterocycles. The van der Waals surface area contributed by atoms with E-state index in [-0.39, 0.29) is 62.2 Å². The maximum Gasteiger partial charge on any atom is 0.307 e. The first-order valence-electron chi connectivity index (χ1n) is 13.6. The molecule has 0 aliphatic rings. The lowest BCUT2D eigenvalue weighted by Gasteiger charge is -2.23. The molecule has 1 amide bonds. The Morgan fingerprint density at radius 2 is 1.55 bits per heavy atom. The monoisotopic (exact) mass is 549 g/mol. The second-order valence-corrected chi connectivity index (χ2v) is 10.4. The molecule has 0 bridgehead atoms. The van der Waals surface area contributed by atoms with Crippen LogP contribution in [0.15, 0.2) is 42.5 Å². The zero-order valence-electron chi connectivity index (χ0n) is 23.8. The summed E-state index contributed by atoms with van der Waals surface area (Å²) in [4.78, 5) is 37.4. The molecular weight excluding hydrogens is 509 g/mol. The van der Waals surface area contributed by atoms with Gasteiger partial charge >= 0.3 is 5.97 Å². The number of ether oxygens (including phenoxy) is 1. The van der Waals surface area contributed by atoms with Crippen molar-refractivity contribution >= 4 is 24.6 Å². The molecule has 2 aromatic rings. The van der Waals surface area contributed by atoms with Gasteiger partial charge < -0.3 is 25.3 Å². The first-order chi connectivity index (χ1) is 19.0. The van der Waals surface area contributed by atoms with Crippen molar-refractivity contribution in [1.82, 2.24) is 5.32 Å². The number of aliphatic hydroxyl groups excluding tert-OH is 2. The van der Waals surface area contributed by atoms with Gasteiger partial charge in [-0.05, 0) is 53.5 Å². The number of esters is 1. The van der Waals surface area contributed by atoms with Crippen LogP contribution in [0.25, 0.3) is 0 Å². The molecule has 9 heteroatoms. The number of amides is 1. The average molecular weight is 549 g/mol. The molecule has 2 aromatic carbocycles. The molecule has 0 radical (unpaired) electrons. The zero-order chi connectivity index (χ0) is 29.7. The molecule has 0 saturated heterocycles. The van der Waals surface area contributed by atoms with Gasteiger partial charge in [-0.25, -0.2) is 0 Å². The lowest BCUT2D eigenvalue weighted by molar-refractivity contribution is -0.144. The van der Waals surface area contributed by atoms with E-state index in [1.807, 2.05) is 13.8 Å². The first kappa shape index (κ1) is 32.8. The number of benzene rings is 2. The van der Waals surface area contributed by atoms with Gasteiger partial charge in [0.1, 0.15) is 6.61 Å². The molecule has 0 fully saturated rings. The van der Waals surface area contributed by atoms with Crippen molar-refractivity contribution in [3.8, 4) is 11.8 Å². The van der Waals surface area contributed by atoms with E-state index in [0.29, 0.717) is 29.4 Å². The molecule has 4 N–H and O–H groups in total. The minimum atomic E-state index is -0.651. The Labute approximate surface area is 237 Å². The predicted molar refractivity (Wildman–Crippen MR) is 154 cm³/mol. The van der Waals surface area contributed by atoms with Crippen molar-refractivity contribution in [3.63, 3.8) is 0 Å². The number of hydrogen-bond donors (Lipinski definition) is 4. The van der Waals surface area contributed by atoms with Crippen molar-refractivity contribution in [3.05, 3.63) is 70.3 Å². The van der Waals surface area contributed by atoms with Crippen LogP contribution in [0.4, 0.5) is 0 Å². The van der Waals surface area contributed by atoms with E-state index in [0.717, 1.165) is 11.1 Å². The second kappa shape index (κ2) is 16.6. The van der Waals surface area contributed by atoms with Gasteiger partial charge in [0, 0.05) is 24.3 Å².